The third kappa shape index (κ3) is 6.82. The highest BCUT2D eigenvalue weighted by Gasteiger charge is 2.20. The van der Waals surface area contributed by atoms with Crippen LogP contribution in [0.2, 0.25) is 0 Å². The third-order valence-corrected chi connectivity index (χ3v) is 7.68. The van der Waals surface area contributed by atoms with Crippen LogP contribution in [-0.2, 0) is 0 Å². The van der Waals surface area contributed by atoms with E-state index in [0.29, 0.717) is 11.5 Å². The van der Waals surface area contributed by atoms with Crippen molar-refractivity contribution in [1.82, 2.24) is 0 Å². The lowest BCUT2D eigenvalue weighted by molar-refractivity contribution is 0.480. The van der Waals surface area contributed by atoms with Gasteiger partial charge in [0, 0.05) is 36.3 Å². The number of ether oxygens (including phenoxy) is 2. The fourth-order valence-electron chi connectivity index (χ4n) is 5.45. The van der Waals surface area contributed by atoms with E-state index < -0.39 is 0 Å². The molecule has 3 aromatic rings. The van der Waals surface area contributed by atoms with E-state index in [1.807, 2.05) is 80.8 Å². The first-order valence-electron chi connectivity index (χ1n) is 14.7. The molecule has 5 rings (SSSR count). The molecule has 0 unspecified atom stereocenters. The molecule has 0 saturated carbocycles. The highest BCUT2D eigenvalue weighted by molar-refractivity contribution is 6.08. The zero-order valence-corrected chi connectivity index (χ0v) is 25.5. The number of fused-ring (bicyclic) bond motifs is 1. The van der Waals surface area contributed by atoms with E-state index >= 15 is 0 Å². The Morgan fingerprint density at radius 2 is 1.64 bits per heavy atom. The number of hydrogen-bond donors (Lipinski definition) is 1. The highest BCUT2D eigenvalue weighted by atomic mass is 16.5. The van der Waals surface area contributed by atoms with Gasteiger partial charge in [-0.25, -0.2) is 0 Å². The van der Waals surface area contributed by atoms with Gasteiger partial charge in [-0.1, -0.05) is 92.1 Å². The van der Waals surface area contributed by atoms with Crippen molar-refractivity contribution in [3.63, 3.8) is 0 Å². The lowest BCUT2D eigenvalue weighted by atomic mass is 9.89. The molecule has 0 spiro atoms. The van der Waals surface area contributed by atoms with Gasteiger partial charge in [-0.05, 0) is 78.0 Å². The van der Waals surface area contributed by atoms with E-state index in [4.69, 9.17) is 14.9 Å². The second-order valence-corrected chi connectivity index (χ2v) is 11.0. The molecule has 0 fully saturated rings. The summed E-state index contributed by atoms with van der Waals surface area (Å²) >= 11 is 0. The summed E-state index contributed by atoms with van der Waals surface area (Å²) in [6.07, 6.45) is 18.2. The third-order valence-electron chi connectivity index (χ3n) is 7.68. The second kappa shape index (κ2) is 13.7. The van der Waals surface area contributed by atoms with Gasteiger partial charge >= 0.3 is 0 Å². The van der Waals surface area contributed by atoms with Crippen molar-refractivity contribution < 1.29 is 9.47 Å². The Balaban J connectivity index is 1.42. The standard InChI is InChI=1S/C40H38N2O2/c1-28-26-32(22-24-43-38-20-11-9-16-34(28)38)37-19-13-18-36(40(37)42(4)5)30(3)29(2)35-17-10-12-21-39(35)44-25-23-33(41)27-31-14-7-6-8-15-31/h6-7,9-13,16-27,41H,1-3,8,14-15H2,4-5H3/b24-22-,25-23?,31-27+,32-26+,41-33?. The number of hydrogen-bond acceptors (Lipinski definition) is 4. The summed E-state index contributed by atoms with van der Waals surface area (Å²) in [6, 6.07) is 21.9. The minimum Gasteiger partial charge on any atom is -0.464 e. The number of anilines is 1. The molecule has 44 heavy (non-hydrogen) atoms. The van der Waals surface area contributed by atoms with Crippen LogP contribution in [0.1, 0.15) is 41.5 Å². The number of nitrogens with one attached hydrogen (secondary N) is 1. The van der Waals surface area contributed by atoms with Crippen LogP contribution >= 0.6 is 0 Å². The molecule has 0 amide bonds. The van der Waals surface area contributed by atoms with Crippen LogP contribution in [0.5, 0.6) is 11.5 Å². The fourth-order valence-corrected chi connectivity index (χ4v) is 5.45. The number of rotatable bonds is 9. The normalized spacial score (nSPS) is 17.1. The van der Waals surface area contributed by atoms with Crippen molar-refractivity contribution in [1.29, 1.82) is 5.41 Å². The molecule has 220 valence electrons. The summed E-state index contributed by atoms with van der Waals surface area (Å²) in [4.78, 5) is 2.10. The Labute approximate surface area is 261 Å². The van der Waals surface area contributed by atoms with Gasteiger partial charge in [-0.15, -0.1) is 0 Å². The van der Waals surface area contributed by atoms with E-state index in [2.05, 4.69) is 55.0 Å². The predicted molar refractivity (Wildman–Crippen MR) is 187 cm³/mol. The molecule has 1 heterocycles. The van der Waals surface area contributed by atoms with Gasteiger partial charge in [0.05, 0.1) is 23.9 Å². The monoisotopic (exact) mass is 578 g/mol. The summed E-state index contributed by atoms with van der Waals surface area (Å²) < 4.78 is 12.0. The molecule has 0 saturated heterocycles. The summed E-state index contributed by atoms with van der Waals surface area (Å²) in [5, 5.41) is 8.33. The fraction of sp³-hybridized carbons (Fsp3) is 0.125. The molecule has 0 radical (unpaired) electrons. The average Bonchev–Trinajstić information content (AvgIpc) is 3.03. The van der Waals surface area contributed by atoms with E-state index in [-0.39, 0.29) is 0 Å². The van der Waals surface area contributed by atoms with Crippen LogP contribution in [0.3, 0.4) is 0 Å². The molecule has 4 nitrogen and oxygen atoms in total. The Kier molecular flexibility index (Phi) is 9.41. The molecule has 2 aliphatic rings. The first-order valence-corrected chi connectivity index (χ1v) is 14.7. The van der Waals surface area contributed by atoms with Crippen molar-refractivity contribution >= 4 is 33.7 Å². The van der Waals surface area contributed by atoms with Crippen molar-refractivity contribution in [3.8, 4) is 11.5 Å². The van der Waals surface area contributed by atoms with Crippen molar-refractivity contribution in [2.45, 2.75) is 19.3 Å². The van der Waals surface area contributed by atoms with Gasteiger partial charge in [-0.2, -0.15) is 0 Å². The molecule has 4 heteroatoms. The number of benzene rings is 3. The average molecular weight is 579 g/mol. The maximum absolute atomic E-state index is 8.33. The first-order chi connectivity index (χ1) is 21.3. The van der Waals surface area contributed by atoms with E-state index in [0.717, 1.165) is 75.2 Å². The summed E-state index contributed by atoms with van der Waals surface area (Å²) in [6.45, 7) is 13.3. The highest BCUT2D eigenvalue weighted by Crippen LogP contribution is 2.41. The lowest BCUT2D eigenvalue weighted by Crippen LogP contribution is -2.14. The van der Waals surface area contributed by atoms with Gasteiger partial charge in [0.25, 0.3) is 0 Å². The van der Waals surface area contributed by atoms with E-state index in [9.17, 15) is 0 Å². The Morgan fingerprint density at radius 3 is 2.43 bits per heavy atom. The molecule has 0 atom stereocenters. The van der Waals surface area contributed by atoms with Gasteiger partial charge in [0.2, 0.25) is 0 Å². The number of allylic oxidation sites excluding steroid dienone is 11. The van der Waals surface area contributed by atoms with Gasteiger partial charge < -0.3 is 19.8 Å². The predicted octanol–water partition coefficient (Wildman–Crippen LogP) is 10.1. The molecular formula is C40H38N2O2. The first kappa shape index (κ1) is 30.1. The largest absolute Gasteiger partial charge is 0.464 e. The summed E-state index contributed by atoms with van der Waals surface area (Å²) in [7, 11) is 4.06. The van der Waals surface area contributed by atoms with Crippen LogP contribution in [-0.4, -0.2) is 19.8 Å². The van der Waals surface area contributed by atoms with Crippen LogP contribution in [0.25, 0.3) is 22.3 Å². The topological polar surface area (TPSA) is 45.5 Å². The Bertz CT molecular complexity index is 1780. The van der Waals surface area contributed by atoms with Gasteiger partial charge in [-0.3, -0.25) is 0 Å². The van der Waals surface area contributed by atoms with Crippen LogP contribution in [0.15, 0.2) is 141 Å². The molecule has 0 aromatic heterocycles. The van der Waals surface area contributed by atoms with Crippen molar-refractivity contribution in [2.24, 2.45) is 0 Å². The summed E-state index contributed by atoms with van der Waals surface area (Å²) in [5.74, 6) is 1.43. The second-order valence-electron chi connectivity index (χ2n) is 11.0. The SMILES string of the molecule is C=C1/C=C(c2cccc(C(=C)C(=C)c3ccccc3OC=CC(=N)/C=C3\CC=CCC3)c2N(C)C)\C=C/Oc2ccccc21. The lowest BCUT2D eigenvalue weighted by Gasteiger charge is -2.25. The number of nitrogens with zero attached hydrogens (tertiary/aromatic N) is 1. The van der Waals surface area contributed by atoms with Crippen LogP contribution in [0, 0.1) is 5.41 Å². The molecule has 0 bridgehead atoms. The smallest absolute Gasteiger partial charge is 0.134 e. The molecule has 3 aromatic carbocycles. The van der Waals surface area contributed by atoms with Gasteiger partial charge in [0.1, 0.15) is 11.5 Å². The van der Waals surface area contributed by atoms with Crippen LogP contribution in [0.4, 0.5) is 5.69 Å². The molecule has 1 aliphatic heterocycles. The van der Waals surface area contributed by atoms with Crippen molar-refractivity contribution in [2.75, 3.05) is 19.0 Å². The van der Waals surface area contributed by atoms with Gasteiger partial charge in [0.15, 0.2) is 0 Å². The Hall–Kier alpha value is -5.35. The zero-order valence-electron chi connectivity index (χ0n) is 25.5. The maximum atomic E-state index is 8.33. The van der Waals surface area contributed by atoms with E-state index in [1.165, 1.54) is 5.57 Å². The minimum absolute atomic E-state index is 0.414. The Morgan fingerprint density at radius 1 is 0.909 bits per heavy atom. The molecule has 1 N–H and O–H groups in total. The zero-order chi connectivity index (χ0) is 31.1. The maximum Gasteiger partial charge on any atom is 0.134 e. The quantitative estimate of drug-likeness (QED) is 0.119. The minimum atomic E-state index is 0.414. The van der Waals surface area contributed by atoms with Crippen LogP contribution < -0.4 is 14.4 Å². The summed E-state index contributed by atoms with van der Waals surface area (Å²) in [5.41, 5.74) is 9.85. The molecular weight excluding hydrogens is 540 g/mol. The van der Waals surface area contributed by atoms with E-state index in [1.54, 1.807) is 18.6 Å². The van der Waals surface area contributed by atoms with Crippen molar-refractivity contribution in [3.05, 3.63) is 163 Å². The molecule has 1 aliphatic carbocycles. The number of para-hydroxylation sites is 3.